The first kappa shape index (κ1) is 21.3. The van der Waals surface area contributed by atoms with Crippen molar-refractivity contribution in [3.8, 4) is 6.07 Å². The summed E-state index contributed by atoms with van der Waals surface area (Å²) in [5.74, 6) is 0.243. The molecule has 1 atom stereocenters. The van der Waals surface area contributed by atoms with Crippen LogP contribution < -0.4 is 0 Å². The van der Waals surface area contributed by atoms with Crippen molar-refractivity contribution >= 4 is 0 Å². The molecule has 1 saturated heterocycles. The minimum atomic E-state index is -0.635. The van der Waals surface area contributed by atoms with Crippen LogP contribution in [0.1, 0.15) is 35.1 Å². The van der Waals surface area contributed by atoms with Gasteiger partial charge in [-0.3, -0.25) is 0 Å². The fourth-order valence-corrected chi connectivity index (χ4v) is 4.97. The number of aliphatic hydroxyl groups is 1. The van der Waals surface area contributed by atoms with Gasteiger partial charge in [-0.1, -0.05) is 84.9 Å². The summed E-state index contributed by atoms with van der Waals surface area (Å²) in [6.45, 7) is 3.08. The Kier molecular flexibility index (Phi) is 6.82. The van der Waals surface area contributed by atoms with E-state index in [4.69, 9.17) is 0 Å². The molecular weight excluding hydrogens is 380 g/mol. The summed E-state index contributed by atoms with van der Waals surface area (Å²) in [5.41, 5.74) is 3.79. The van der Waals surface area contributed by atoms with E-state index in [-0.39, 0.29) is 12.5 Å². The zero-order valence-electron chi connectivity index (χ0n) is 18.0. The van der Waals surface area contributed by atoms with Crippen molar-refractivity contribution in [1.82, 2.24) is 4.90 Å². The average molecular weight is 411 g/mol. The summed E-state index contributed by atoms with van der Waals surface area (Å²) in [5, 5.41) is 19.8. The first-order valence-corrected chi connectivity index (χ1v) is 11.2. The Bertz CT molecular complexity index is 953. The van der Waals surface area contributed by atoms with Gasteiger partial charge in [-0.2, -0.15) is 5.26 Å². The summed E-state index contributed by atoms with van der Waals surface area (Å²) in [6.07, 6.45) is 3.14. The lowest BCUT2D eigenvalue weighted by atomic mass is 9.64. The lowest BCUT2D eigenvalue weighted by molar-refractivity contribution is 0.148. The Morgan fingerprint density at radius 1 is 0.871 bits per heavy atom. The Morgan fingerprint density at radius 3 is 2.00 bits per heavy atom. The predicted molar refractivity (Wildman–Crippen MR) is 125 cm³/mol. The maximum absolute atomic E-state index is 10.6. The van der Waals surface area contributed by atoms with Crippen LogP contribution in [0.25, 0.3) is 0 Å². The van der Waals surface area contributed by atoms with Crippen LogP contribution in [0.15, 0.2) is 84.9 Å². The second-order valence-electron chi connectivity index (χ2n) is 8.52. The number of hydrogen-bond acceptors (Lipinski definition) is 3. The molecule has 3 aromatic carbocycles. The van der Waals surface area contributed by atoms with Gasteiger partial charge in [0.05, 0.1) is 12.7 Å². The maximum Gasteiger partial charge on any atom is 0.111 e. The molecular formula is C28H30N2O. The number of rotatable bonds is 7. The number of nitriles is 1. The van der Waals surface area contributed by atoms with Gasteiger partial charge in [0, 0.05) is 13.1 Å². The van der Waals surface area contributed by atoms with Crippen LogP contribution in [0, 0.1) is 17.2 Å². The van der Waals surface area contributed by atoms with Crippen LogP contribution >= 0.6 is 0 Å². The number of piperidine rings is 1. The normalized spacial score (nSPS) is 17.2. The molecule has 31 heavy (non-hydrogen) atoms. The van der Waals surface area contributed by atoms with Gasteiger partial charge in [0.2, 0.25) is 0 Å². The third-order valence-corrected chi connectivity index (χ3v) is 6.67. The van der Waals surface area contributed by atoms with Crippen molar-refractivity contribution < 1.29 is 5.11 Å². The van der Waals surface area contributed by atoms with Crippen LogP contribution in [0.2, 0.25) is 0 Å². The molecule has 0 radical (unpaired) electrons. The Labute approximate surface area is 185 Å². The molecule has 3 aromatic rings. The lowest BCUT2D eigenvalue weighted by Crippen LogP contribution is -2.46. The van der Waals surface area contributed by atoms with Gasteiger partial charge in [-0.05, 0) is 54.0 Å². The molecule has 158 valence electrons. The molecule has 3 heteroatoms. The smallest absolute Gasteiger partial charge is 0.111 e. The van der Waals surface area contributed by atoms with Crippen LogP contribution in [-0.4, -0.2) is 29.6 Å². The quantitative estimate of drug-likeness (QED) is 0.600. The number of likely N-dealkylation sites (tertiary alicyclic amines) is 1. The molecule has 4 rings (SSSR count). The molecule has 1 N–H and O–H groups in total. The minimum absolute atomic E-state index is 0.0866. The van der Waals surface area contributed by atoms with Crippen molar-refractivity contribution in [2.24, 2.45) is 5.92 Å². The molecule has 0 saturated carbocycles. The van der Waals surface area contributed by atoms with Gasteiger partial charge < -0.3 is 10.0 Å². The summed E-state index contributed by atoms with van der Waals surface area (Å²) in [7, 11) is 0. The summed E-state index contributed by atoms with van der Waals surface area (Å²) in [4.78, 5) is 2.52. The first-order chi connectivity index (χ1) is 15.3. The molecule has 1 aliphatic rings. The maximum atomic E-state index is 10.6. The van der Waals surface area contributed by atoms with Gasteiger partial charge in [-0.25, -0.2) is 0 Å². The molecule has 0 aliphatic carbocycles. The van der Waals surface area contributed by atoms with Gasteiger partial charge in [0.1, 0.15) is 5.41 Å². The zero-order valence-corrected chi connectivity index (χ0v) is 18.0. The first-order valence-electron chi connectivity index (χ1n) is 11.2. The number of aliphatic hydroxyl groups excluding tert-OH is 1. The molecule has 1 fully saturated rings. The van der Waals surface area contributed by atoms with E-state index >= 15 is 0 Å². The number of hydrogen-bond donors (Lipinski definition) is 1. The summed E-state index contributed by atoms with van der Waals surface area (Å²) >= 11 is 0. The molecule has 1 heterocycles. The number of benzene rings is 3. The molecule has 1 unspecified atom stereocenters. The van der Waals surface area contributed by atoms with Gasteiger partial charge in [-0.15, -0.1) is 0 Å². The minimum Gasteiger partial charge on any atom is -0.392 e. The lowest BCUT2D eigenvalue weighted by Gasteiger charge is -2.42. The van der Waals surface area contributed by atoms with E-state index in [0.717, 1.165) is 55.6 Å². The molecule has 0 spiro atoms. The highest BCUT2D eigenvalue weighted by molar-refractivity contribution is 5.47. The highest BCUT2D eigenvalue weighted by Crippen LogP contribution is 2.42. The Morgan fingerprint density at radius 2 is 1.45 bits per heavy atom. The van der Waals surface area contributed by atoms with E-state index in [1.165, 1.54) is 5.56 Å². The topological polar surface area (TPSA) is 47.3 Å². The largest absolute Gasteiger partial charge is 0.392 e. The fourth-order valence-electron chi connectivity index (χ4n) is 4.97. The third-order valence-electron chi connectivity index (χ3n) is 6.67. The predicted octanol–water partition coefficient (Wildman–Crippen LogP) is 4.94. The zero-order chi connectivity index (χ0) is 21.5. The van der Waals surface area contributed by atoms with Crippen molar-refractivity contribution in [3.63, 3.8) is 0 Å². The molecule has 1 aliphatic heterocycles. The van der Waals surface area contributed by atoms with Crippen molar-refractivity contribution in [3.05, 3.63) is 107 Å². The van der Waals surface area contributed by atoms with Gasteiger partial charge in [0.25, 0.3) is 0 Å². The van der Waals surface area contributed by atoms with Gasteiger partial charge in [0.15, 0.2) is 0 Å². The SMILES string of the molecule is N#CC(c1ccccc1)(c1ccccc1)C1CCCN(CCc2ccc(CO)cc2)C1. The van der Waals surface area contributed by atoms with Crippen LogP contribution in [0.3, 0.4) is 0 Å². The number of nitrogens with zero attached hydrogens (tertiary/aromatic N) is 2. The second kappa shape index (κ2) is 9.92. The standard InChI is InChI=1S/C28H30N2O/c29-22-28(25-8-3-1-4-9-25,26-10-5-2-6-11-26)27-12-7-18-30(20-27)19-17-23-13-15-24(21-31)16-14-23/h1-6,8-11,13-16,27,31H,7,12,17-21H2. The second-order valence-corrected chi connectivity index (χ2v) is 8.52. The molecule has 0 bridgehead atoms. The highest BCUT2D eigenvalue weighted by Gasteiger charge is 2.44. The van der Waals surface area contributed by atoms with Crippen LogP contribution in [0.4, 0.5) is 0 Å². The molecule has 3 nitrogen and oxygen atoms in total. The highest BCUT2D eigenvalue weighted by atomic mass is 16.3. The van der Waals surface area contributed by atoms with Crippen molar-refractivity contribution in [2.75, 3.05) is 19.6 Å². The molecule has 0 aromatic heterocycles. The van der Waals surface area contributed by atoms with E-state index in [2.05, 4.69) is 47.4 Å². The van der Waals surface area contributed by atoms with Crippen LogP contribution in [0.5, 0.6) is 0 Å². The van der Waals surface area contributed by atoms with E-state index < -0.39 is 5.41 Å². The summed E-state index contributed by atoms with van der Waals surface area (Å²) in [6, 6.07) is 31.6. The van der Waals surface area contributed by atoms with Crippen molar-refractivity contribution in [2.45, 2.75) is 31.3 Å². The summed E-state index contributed by atoms with van der Waals surface area (Å²) < 4.78 is 0. The Balaban J connectivity index is 1.56. The monoisotopic (exact) mass is 410 g/mol. The van der Waals surface area contributed by atoms with E-state index in [0.29, 0.717) is 0 Å². The van der Waals surface area contributed by atoms with Gasteiger partial charge >= 0.3 is 0 Å². The fraction of sp³-hybridized carbons (Fsp3) is 0.321. The van der Waals surface area contributed by atoms with Crippen LogP contribution in [-0.2, 0) is 18.4 Å². The van der Waals surface area contributed by atoms with E-state index in [1.807, 2.05) is 48.5 Å². The van der Waals surface area contributed by atoms with E-state index in [1.54, 1.807) is 0 Å². The average Bonchev–Trinajstić information content (AvgIpc) is 2.85. The van der Waals surface area contributed by atoms with E-state index in [9.17, 15) is 10.4 Å². The Hall–Kier alpha value is -2.93. The van der Waals surface area contributed by atoms with Crippen molar-refractivity contribution in [1.29, 1.82) is 5.26 Å². The third kappa shape index (κ3) is 4.56. The molecule has 0 amide bonds.